The van der Waals surface area contributed by atoms with E-state index in [-0.39, 0.29) is 5.60 Å². The molecule has 0 radical (unpaired) electrons. The van der Waals surface area contributed by atoms with Crippen molar-refractivity contribution in [2.24, 2.45) is 0 Å². The van der Waals surface area contributed by atoms with E-state index in [2.05, 4.69) is 18.2 Å². The third-order valence-electron chi connectivity index (χ3n) is 3.75. The van der Waals surface area contributed by atoms with Crippen LogP contribution >= 0.6 is 0 Å². The van der Waals surface area contributed by atoms with Crippen molar-refractivity contribution in [1.82, 2.24) is 0 Å². The van der Waals surface area contributed by atoms with Crippen molar-refractivity contribution in [2.45, 2.75) is 37.1 Å². The van der Waals surface area contributed by atoms with Gasteiger partial charge in [0, 0.05) is 5.56 Å². The molecule has 1 aliphatic carbocycles. The van der Waals surface area contributed by atoms with Gasteiger partial charge in [-0.2, -0.15) is 0 Å². The summed E-state index contributed by atoms with van der Waals surface area (Å²) in [4.78, 5) is 0. The maximum absolute atomic E-state index is 6.08. The summed E-state index contributed by atoms with van der Waals surface area (Å²) in [6.07, 6.45) is 4.31. The van der Waals surface area contributed by atoms with Crippen LogP contribution in [0, 0.1) is 0 Å². The van der Waals surface area contributed by atoms with E-state index in [1.165, 1.54) is 24.8 Å². The van der Waals surface area contributed by atoms with Crippen LogP contribution in [-0.2, 0) is 4.74 Å². The van der Waals surface area contributed by atoms with Crippen molar-refractivity contribution in [3.63, 3.8) is 0 Å². The molecule has 2 unspecified atom stereocenters. The summed E-state index contributed by atoms with van der Waals surface area (Å²) in [6, 6.07) is 8.27. The van der Waals surface area contributed by atoms with Gasteiger partial charge < -0.3 is 9.47 Å². The lowest BCUT2D eigenvalue weighted by Crippen LogP contribution is -2.50. The van der Waals surface area contributed by atoms with Crippen molar-refractivity contribution < 1.29 is 9.47 Å². The summed E-state index contributed by atoms with van der Waals surface area (Å²) in [5.74, 6) is 1.05. The molecule has 14 heavy (non-hydrogen) atoms. The highest BCUT2D eigenvalue weighted by Crippen LogP contribution is 2.59. The summed E-state index contributed by atoms with van der Waals surface area (Å²) >= 11 is 0. The Bertz CT molecular complexity index is 395. The predicted molar refractivity (Wildman–Crippen MR) is 51.3 cm³/mol. The molecule has 0 aromatic heterocycles. The lowest BCUT2D eigenvalue weighted by Gasteiger charge is -2.43. The van der Waals surface area contributed by atoms with Crippen LogP contribution in [0.25, 0.3) is 0 Å². The van der Waals surface area contributed by atoms with Crippen molar-refractivity contribution in [2.75, 3.05) is 0 Å². The third-order valence-corrected chi connectivity index (χ3v) is 3.75. The lowest BCUT2D eigenvalue weighted by atomic mass is 9.74. The SMILES string of the molecule is c1ccc2c(c1)OC1(CCC1)C1OC21. The zero-order valence-corrected chi connectivity index (χ0v) is 7.90. The molecule has 1 aromatic carbocycles. The Balaban J connectivity index is 1.83. The molecule has 0 bridgehead atoms. The molecule has 3 aliphatic rings. The molecule has 1 saturated carbocycles. The van der Waals surface area contributed by atoms with Gasteiger partial charge in [0.25, 0.3) is 0 Å². The first-order valence-corrected chi connectivity index (χ1v) is 5.32. The number of benzene rings is 1. The maximum Gasteiger partial charge on any atom is 0.138 e. The Morgan fingerprint density at radius 2 is 2.07 bits per heavy atom. The topological polar surface area (TPSA) is 21.8 Å². The monoisotopic (exact) mass is 188 g/mol. The van der Waals surface area contributed by atoms with Gasteiger partial charge in [0.15, 0.2) is 0 Å². The van der Waals surface area contributed by atoms with Gasteiger partial charge in [-0.1, -0.05) is 18.2 Å². The highest BCUT2D eigenvalue weighted by Gasteiger charge is 2.63. The average Bonchev–Trinajstić information content (AvgIpc) is 2.93. The van der Waals surface area contributed by atoms with Crippen LogP contribution in [-0.4, -0.2) is 11.7 Å². The second-order valence-corrected chi connectivity index (χ2v) is 4.54. The van der Waals surface area contributed by atoms with Gasteiger partial charge in [0.05, 0.1) is 0 Å². The number of hydrogen-bond donors (Lipinski definition) is 0. The van der Waals surface area contributed by atoms with E-state index in [1.54, 1.807) is 0 Å². The molecule has 72 valence electrons. The van der Waals surface area contributed by atoms with E-state index in [9.17, 15) is 0 Å². The summed E-state index contributed by atoms with van der Waals surface area (Å²) < 4.78 is 11.8. The second-order valence-electron chi connectivity index (χ2n) is 4.54. The Hall–Kier alpha value is -1.02. The van der Waals surface area contributed by atoms with Gasteiger partial charge in [-0.25, -0.2) is 0 Å². The number of hydrogen-bond acceptors (Lipinski definition) is 2. The number of epoxide rings is 1. The van der Waals surface area contributed by atoms with Crippen molar-refractivity contribution in [3.8, 4) is 5.75 Å². The number of fused-ring (bicyclic) bond motifs is 4. The van der Waals surface area contributed by atoms with Gasteiger partial charge in [-0.05, 0) is 25.3 Å². The van der Waals surface area contributed by atoms with Crippen LogP contribution in [0.1, 0.15) is 30.9 Å². The van der Waals surface area contributed by atoms with Crippen molar-refractivity contribution in [3.05, 3.63) is 29.8 Å². The Morgan fingerprint density at radius 1 is 1.21 bits per heavy atom. The molecule has 2 heteroatoms. The summed E-state index contributed by atoms with van der Waals surface area (Å²) in [6.45, 7) is 0. The minimum Gasteiger partial charge on any atom is -0.484 e. The molecule has 1 spiro atoms. The van der Waals surface area contributed by atoms with E-state index in [1.807, 2.05) is 6.07 Å². The molecule has 2 aliphatic heterocycles. The standard InChI is InChI=1S/C12H12O2/c1-2-5-9-8(4-1)10-11(13-10)12(14-9)6-3-7-12/h1-2,4-5,10-11H,3,6-7H2. The predicted octanol–water partition coefficient (Wildman–Crippen LogP) is 2.44. The molecule has 2 fully saturated rings. The van der Waals surface area contributed by atoms with E-state index >= 15 is 0 Å². The summed E-state index contributed by atoms with van der Waals surface area (Å²) in [5.41, 5.74) is 1.30. The number of para-hydroxylation sites is 1. The van der Waals surface area contributed by atoms with Crippen LogP contribution in [0.5, 0.6) is 5.75 Å². The largest absolute Gasteiger partial charge is 0.484 e. The van der Waals surface area contributed by atoms with Crippen LogP contribution < -0.4 is 4.74 Å². The maximum atomic E-state index is 6.08. The van der Waals surface area contributed by atoms with E-state index < -0.39 is 0 Å². The Kier molecular flexibility index (Phi) is 1.12. The van der Waals surface area contributed by atoms with Gasteiger partial charge in [-0.15, -0.1) is 0 Å². The smallest absolute Gasteiger partial charge is 0.138 e. The number of rotatable bonds is 0. The van der Waals surface area contributed by atoms with Crippen molar-refractivity contribution in [1.29, 1.82) is 0 Å². The Morgan fingerprint density at radius 3 is 2.86 bits per heavy atom. The molecule has 2 heterocycles. The van der Waals surface area contributed by atoms with Gasteiger partial charge in [0.2, 0.25) is 0 Å². The average molecular weight is 188 g/mol. The van der Waals surface area contributed by atoms with E-state index in [0.29, 0.717) is 12.2 Å². The lowest BCUT2D eigenvalue weighted by molar-refractivity contribution is -0.0336. The van der Waals surface area contributed by atoms with Gasteiger partial charge in [0.1, 0.15) is 23.6 Å². The molecule has 1 aromatic rings. The number of ether oxygens (including phenoxy) is 2. The minimum atomic E-state index is 0.0546. The summed E-state index contributed by atoms with van der Waals surface area (Å²) in [7, 11) is 0. The highest BCUT2D eigenvalue weighted by atomic mass is 16.6. The zero-order chi connectivity index (χ0) is 9.17. The quantitative estimate of drug-likeness (QED) is 0.583. The van der Waals surface area contributed by atoms with Crippen molar-refractivity contribution >= 4 is 0 Å². The first-order valence-electron chi connectivity index (χ1n) is 5.32. The van der Waals surface area contributed by atoms with Crippen LogP contribution in [0.3, 0.4) is 0 Å². The molecular formula is C12H12O2. The first-order chi connectivity index (χ1) is 6.89. The highest BCUT2D eigenvalue weighted by molar-refractivity contribution is 5.43. The van der Waals surface area contributed by atoms with Crippen LogP contribution in [0.4, 0.5) is 0 Å². The zero-order valence-electron chi connectivity index (χ0n) is 7.90. The first kappa shape index (κ1) is 7.30. The second kappa shape index (κ2) is 2.14. The molecular weight excluding hydrogens is 176 g/mol. The van der Waals surface area contributed by atoms with Crippen LogP contribution in [0.2, 0.25) is 0 Å². The van der Waals surface area contributed by atoms with E-state index in [4.69, 9.17) is 9.47 Å². The molecule has 0 amide bonds. The van der Waals surface area contributed by atoms with Crippen LogP contribution in [0.15, 0.2) is 24.3 Å². The third kappa shape index (κ3) is 0.720. The van der Waals surface area contributed by atoms with Gasteiger partial charge in [-0.3, -0.25) is 0 Å². The minimum absolute atomic E-state index is 0.0546. The van der Waals surface area contributed by atoms with E-state index in [0.717, 1.165) is 5.75 Å². The fraction of sp³-hybridized carbons (Fsp3) is 0.500. The molecule has 2 nitrogen and oxygen atoms in total. The molecule has 4 rings (SSSR count). The molecule has 2 atom stereocenters. The molecule has 1 saturated heterocycles. The Labute approximate surface area is 82.8 Å². The normalized spacial score (nSPS) is 35.1. The molecule has 0 N–H and O–H groups in total. The summed E-state index contributed by atoms with van der Waals surface area (Å²) in [5, 5.41) is 0. The fourth-order valence-electron chi connectivity index (χ4n) is 2.75. The van der Waals surface area contributed by atoms with Gasteiger partial charge >= 0.3 is 0 Å². The fourth-order valence-corrected chi connectivity index (χ4v) is 2.75.